The summed E-state index contributed by atoms with van der Waals surface area (Å²) in [6.45, 7) is 4.10. The molecule has 0 unspecified atom stereocenters. The van der Waals surface area contributed by atoms with E-state index in [-0.39, 0.29) is 17.7 Å². The van der Waals surface area contributed by atoms with Gasteiger partial charge in [0.05, 0.1) is 5.60 Å². The van der Waals surface area contributed by atoms with Crippen molar-refractivity contribution in [2.45, 2.75) is 19.4 Å². The van der Waals surface area contributed by atoms with E-state index in [9.17, 15) is 4.79 Å². The van der Waals surface area contributed by atoms with E-state index in [1.54, 1.807) is 7.11 Å². The summed E-state index contributed by atoms with van der Waals surface area (Å²) in [6.07, 6.45) is 0. The lowest BCUT2D eigenvalue weighted by molar-refractivity contribution is 0.0227. The summed E-state index contributed by atoms with van der Waals surface area (Å²) in [4.78, 5) is 15.2. The number of aromatic nitrogens is 3. The largest absolute Gasteiger partial charge is 0.377 e. The zero-order chi connectivity index (χ0) is 11.5. The molecule has 0 aromatic carbocycles. The molecular formula is C8H15N5O2. The Kier molecular flexibility index (Phi) is 3.25. The van der Waals surface area contributed by atoms with E-state index in [0.717, 1.165) is 0 Å². The number of aromatic amines is 1. The van der Waals surface area contributed by atoms with Gasteiger partial charge in [-0.05, 0) is 13.8 Å². The van der Waals surface area contributed by atoms with Crippen LogP contribution in [0, 0.1) is 0 Å². The van der Waals surface area contributed by atoms with Gasteiger partial charge < -0.3 is 15.8 Å². The number of nitrogen functional groups attached to an aromatic ring is 1. The van der Waals surface area contributed by atoms with Crippen LogP contribution in [-0.2, 0) is 4.74 Å². The fourth-order valence-corrected chi connectivity index (χ4v) is 0.825. The van der Waals surface area contributed by atoms with Gasteiger partial charge >= 0.3 is 0 Å². The van der Waals surface area contributed by atoms with Crippen molar-refractivity contribution in [2.75, 3.05) is 19.4 Å². The van der Waals surface area contributed by atoms with Gasteiger partial charge in [0.2, 0.25) is 11.8 Å². The van der Waals surface area contributed by atoms with Crippen molar-refractivity contribution >= 4 is 11.9 Å². The summed E-state index contributed by atoms with van der Waals surface area (Å²) < 4.78 is 5.14. The molecule has 1 heterocycles. The fraction of sp³-hybridized carbons (Fsp3) is 0.625. The molecule has 0 radical (unpaired) electrons. The molecule has 0 aliphatic rings. The number of amides is 1. The predicted octanol–water partition coefficient (Wildman–Crippen LogP) is -0.458. The highest BCUT2D eigenvalue weighted by Crippen LogP contribution is 2.05. The third kappa shape index (κ3) is 3.21. The van der Waals surface area contributed by atoms with Gasteiger partial charge in [0, 0.05) is 13.7 Å². The first-order valence-corrected chi connectivity index (χ1v) is 4.46. The Morgan fingerprint density at radius 2 is 2.33 bits per heavy atom. The minimum atomic E-state index is -0.415. The van der Waals surface area contributed by atoms with Gasteiger partial charge in [-0.2, -0.15) is 4.98 Å². The minimum absolute atomic E-state index is 0.0474. The third-order valence-electron chi connectivity index (χ3n) is 1.95. The van der Waals surface area contributed by atoms with Crippen LogP contribution >= 0.6 is 0 Å². The summed E-state index contributed by atoms with van der Waals surface area (Å²) >= 11 is 0. The molecular weight excluding hydrogens is 198 g/mol. The summed E-state index contributed by atoms with van der Waals surface area (Å²) in [5.74, 6) is -0.213. The van der Waals surface area contributed by atoms with Gasteiger partial charge in [-0.1, -0.05) is 0 Å². The molecule has 0 aliphatic carbocycles. The fourth-order valence-electron chi connectivity index (χ4n) is 0.825. The predicted molar refractivity (Wildman–Crippen MR) is 54.2 cm³/mol. The molecule has 0 spiro atoms. The zero-order valence-electron chi connectivity index (χ0n) is 9.00. The van der Waals surface area contributed by atoms with Crippen molar-refractivity contribution in [1.82, 2.24) is 20.5 Å². The number of hydrogen-bond donors (Lipinski definition) is 3. The number of ether oxygens (including phenoxy) is 1. The highest BCUT2D eigenvalue weighted by molar-refractivity contribution is 5.90. The average molecular weight is 213 g/mol. The Hall–Kier alpha value is -1.63. The number of H-pyrrole nitrogens is 1. The number of methoxy groups -OCH3 is 1. The quantitative estimate of drug-likeness (QED) is 0.627. The van der Waals surface area contributed by atoms with Crippen molar-refractivity contribution in [2.24, 2.45) is 0 Å². The smallest absolute Gasteiger partial charge is 0.288 e. The Bertz CT molecular complexity index is 347. The molecule has 0 aliphatic heterocycles. The molecule has 84 valence electrons. The summed E-state index contributed by atoms with van der Waals surface area (Å²) in [5, 5.41) is 8.62. The lowest BCUT2D eigenvalue weighted by atomic mass is 10.1. The van der Waals surface area contributed by atoms with Crippen LogP contribution in [0.1, 0.15) is 24.5 Å². The molecule has 15 heavy (non-hydrogen) atoms. The number of nitrogens with two attached hydrogens (primary N) is 1. The summed E-state index contributed by atoms with van der Waals surface area (Å²) in [7, 11) is 1.58. The second-order valence-corrected chi connectivity index (χ2v) is 3.69. The van der Waals surface area contributed by atoms with Gasteiger partial charge in [0.25, 0.3) is 5.91 Å². The number of hydrogen-bond acceptors (Lipinski definition) is 5. The summed E-state index contributed by atoms with van der Waals surface area (Å²) in [5.41, 5.74) is 4.85. The number of carbonyl (C=O) groups excluding carboxylic acids is 1. The zero-order valence-corrected chi connectivity index (χ0v) is 9.00. The molecule has 1 rings (SSSR count). The number of nitrogens with one attached hydrogen (secondary N) is 2. The maximum absolute atomic E-state index is 11.5. The van der Waals surface area contributed by atoms with Crippen LogP contribution in [0.3, 0.4) is 0 Å². The first-order chi connectivity index (χ1) is 6.94. The molecule has 0 fully saturated rings. The molecule has 1 amide bonds. The molecule has 0 saturated carbocycles. The minimum Gasteiger partial charge on any atom is -0.377 e. The van der Waals surface area contributed by atoms with Gasteiger partial charge in [-0.15, -0.1) is 5.10 Å². The molecule has 7 nitrogen and oxygen atoms in total. The van der Waals surface area contributed by atoms with Gasteiger partial charge in [0.15, 0.2) is 0 Å². The van der Waals surface area contributed by atoms with E-state index in [1.165, 1.54) is 0 Å². The Balaban J connectivity index is 2.50. The van der Waals surface area contributed by atoms with Crippen molar-refractivity contribution in [3.05, 3.63) is 5.82 Å². The molecule has 0 bridgehead atoms. The molecule has 1 aromatic heterocycles. The highest BCUT2D eigenvalue weighted by atomic mass is 16.5. The monoisotopic (exact) mass is 213 g/mol. The van der Waals surface area contributed by atoms with Crippen LogP contribution < -0.4 is 11.1 Å². The third-order valence-corrected chi connectivity index (χ3v) is 1.95. The van der Waals surface area contributed by atoms with Crippen LogP contribution in [0.25, 0.3) is 0 Å². The maximum Gasteiger partial charge on any atom is 0.288 e. The molecule has 4 N–H and O–H groups in total. The van der Waals surface area contributed by atoms with Gasteiger partial charge in [-0.25, -0.2) is 0 Å². The average Bonchev–Trinajstić information content (AvgIpc) is 2.61. The van der Waals surface area contributed by atoms with Gasteiger partial charge in [0.1, 0.15) is 0 Å². The van der Waals surface area contributed by atoms with E-state index in [2.05, 4.69) is 20.5 Å². The lowest BCUT2D eigenvalue weighted by Crippen LogP contribution is -2.40. The van der Waals surface area contributed by atoms with E-state index in [4.69, 9.17) is 10.5 Å². The van der Waals surface area contributed by atoms with Crippen LogP contribution in [0.2, 0.25) is 0 Å². The van der Waals surface area contributed by atoms with E-state index in [1.807, 2.05) is 13.8 Å². The SMILES string of the molecule is COC(C)(C)CNC(=O)c1nc(N)n[nH]1. The number of anilines is 1. The van der Waals surface area contributed by atoms with Crippen LogP contribution in [0.15, 0.2) is 0 Å². The molecule has 1 aromatic rings. The van der Waals surface area contributed by atoms with Crippen molar-refractivity contribution < 1.29 is 9.53 Å². The van der Waals surface area contributed by atoms with E-state index < -0.39 is 5.60 Å². The Morgan fingerprint density at radius 1 is 1.67 bits per heavy atom. The van der Waals surface area contributed by atoms with Crippen molar-refractivity contribution in [1.29, 1.82) is 0 Å². The molecule has 0 saturated heterocycles. The lowest BCUT2D eigenvalue weighted by Gasteiger charge is -2.22. The number of nitrogens with zero attached hydrogens (tertiary/aromatic N) is 2. The van der Waals surface area contributed by atoms with Crippen molar-refractivity contribution in [3.8, 4) is 0 Å². The second kappa shape index (κ2) is 4.26. The second-order valence-electron chi connectivity index (χ2n) is 3.69. The standard InChI is InChI=1S/C8H15N5O2/c1-8(2,15-3)4-10-6(14)5-11-7(9)13-12-5/h4H2,1-3H3,(H,10,14)(H3,9,11,12,13). The maximum atomic E-state index is 11.5. The first-order valence-electron chi connectivity index (χ1n) is 4.46. The van der Waals surface area contributed by atoms with E-state index in [0.29, 0.717) is 6.54 Å². The normalized spacial score (nSPS) is 11.4. The van der Waals surface area contributed by atoms with Gasteiger partial charge in [-0.3, -0.25) is 9.89 Å². The number of carbonyl (C=O) groups is 1. The highest BCUT2D eigenvalue weighted by Gasteiger charge is 2.19. The summed E-state index contributed by atoms with van der Waals surface area (Å²) in [6, 6.07) is 0. The topological polar surface area (TPSA) is 106 Å². The molecule has 0 atom stereocenters. The van der Waals surface area contributed by atoms with Crippen molar-refractivity contribution in [3.63, 3.8) is 0 Å². The first kappa shape index (κ1) is 11.4. The molecule has 7 heteroatoms. The van der Waals surface area contributed by atoms with Crippen LogP contribution in [0.4, 0.5) is 5.95 Å². The Morgan fingerprint density at radius 3 is 2.80 bits per heavy atom. The Labute approximate surface area is 87.4 Å². The van der Waals surface area contributed by atoms with E-state index >= 15 is 0 Å². The number of rotatable bonds is 4. The van der Waals surface area contributed by atoms with Crippen LogP contribution in [-0.4, -0.2) is 40.3 Å². The van der Waals surface area contributed by atoms with Crippen LogP contribution in [0.5, 0.6) is 0 Å².